The van der Waals surface area contributed by atoms with Gasteiger partial charge in [-0.15, -0.1) is 0 Å². The lowest BCUT2D eigenvalue weighted by molar-refractivity contribution is -0.319. The molecule has 3 fully saturated rings. The smallest absolute Gasteiger partial charge is 0.190 e. The van der Waals surface area contributed by atoms with Gasteiger partial charge in [-0.25, -0.2) is 0 Å². The number of hydrogen-bond acceptors (Lipinski definition) is 5. The van der Waals surface area contributed by atoms with E-state index in [0.29, 0.717) is 6.61 Å². The van der Waals surface area contributed by atoms with E-state index in [9.17, 15) is 0 Å². The fourth-order valence-corrected chi connectivity index (χ4v) is 2.47. The minimum absolute atomic E-state index is 0.0841. The van der Waals surface area contributed by atoms with Crippen LogP contribution in [-0.4, -0.2) is 42.8 Å². The molecule has 4 atom stereocenters. The van der Waals surface area contributed by atoms with E-state index in [1.807, 2.05) is 27.7 Å². The van der Waals surface area contributed by atoms with Crippen molar-refractivity contribution in [1.29, 1.82) is 0 Å². The van der Waals surface area contributed by atoms with Crippen LogP contribution in [0.4, 0.5) is 0 Å². The molecule has 2 unspecified atom stereocenters. The van der Waals surface area contributed by atoms with E-state index in [-0.39, 0.29) is 24.6 Å². The molecule has 0 aliphatic carbocycles. The van der Waals surface area contributed by atoms with Crippen LogP contribution < -0.4 is 0 Å². The van der Waals surface area contributed by atoms with Crippen molar-refractivity contribution in [3.63, 3.8) is 0 Å². The lowest BCUT2D eigenvalue weighted by atomic mass is 10.1. The molecular weight excluding hydrogens is 212 g/mol. The van der Waals surface area contributed by atoms with Crippen molar-refractivity contribution in [3.8, 4) is 0 Å². The van der Waals surface area contributed by atoms with Crippen LogP contribution in [0.2, 0.25) is 0 Å². The second-order valence-electron chi connectivity index (χ2n) is 5.44. The molecule has 5 nitrogen and oxygen atoms in total. The monoisotopic (exact) mass is 230 g/mol. The van der Waals surface area contributed by atoms with Gasteiger partial charge in [0, 0.05) is 0 Å². The van der Waals surface area contributed by atoms with Crippen LogP contribution >= 0.6 is 0 Å². The number of rotatable bonds is 0. The van der Waals surface area contributed by atoms with Gasteiger partial charge in [-0.3, -0.25) is 0 Å². The first-order valence-corrected chi connectivity index (χ1v) is 5.69. The van der Waals surface area contributed by atoms with E-state index in [2.05, 4.69) is 0 Å². The molecule has 16 heavy (non-hydrogen) atoms. The summed E-state index contributed by atoms with van der Waals surface area (Å²) in [5.74, 6) is -1.17. The lowest BCUT2D eigenvalue weighted by Crippen LogP contribution is -2.50. The van der Waals surface area contributed by atoms with E-state index in [1.165, 1.54) is 0 Å². The summed E-state index contributed by atoms with van der Waals surface area (Å²) in [6, 6.07) is 0. The van der Waals surface area contributed by atoms with E-state index < -0.39 is 11.6 Å². The van der Waals surface area contributed by atoms with Gasteiger partial charge < -0.3 is 23.7 Å². The van der Waals surface area contributed by atoms with Gasteiger partial charge in [-0.1, -0.05) is 0 Å². The molecule has 0 bridgehead atoms. The van der Waals surface area contributed by atoms with Crippen LogP contribution in [0, 0.1) is 0 Å². The van der Waals surface area contributed by atoms with Crippen molar-refractivity contribution in [2.24, 2.45) is 0 Å². The Bertz CT molecular complexity index is 301. The molecule has 92 valence electrons. The Kier molecular flexibility index (Phi) is 2.17. The van der Waals surface area contributed by atoms with Crippen molar-refractivity contribution in [2.75, 3.05) is 6.61 Å². The fraction of sp³-hybridized carbons (Fsp3) is 1.00. The Hall–Kier alpha value is -0.200. The predicted molar refractivity (Wildman–Crippen MR) is 53.6 cm³/mol. The normalized spacial score (nSPS) is 48.8. The summed E-state index contributed by atoms with van der Waals surface area (Å²) < 4.78 is 28.6. The molecule has 0 aromatic rings. The average molecular weight is 230 g/mol. The van der Waals surface area contributed by atoms with Gasteiger partial charge in [0.2, 0.25) is 0 Å². The third-order valence-electron chi connectivity index (χ3n) is 3.10. The van der Waals surface area contributed by atoms with Gasteiger partial charge in [0.05, 0.1) is 6.61 Å². The summed E-state index contributed by atoms with van der Waals surface area (Å²) in [5, 5.41) is 0. The summed E-state index contributed by atoms with van der Waals surface area (Å²) in [4.78, 5) is 0. The standard InChI is InChI=1S/C11H18O5/c1-10(2)12-5-6-7(14-10)8-9(13-6)16-11(3,4)15-8/h6-9H,5H2,1-4H3/t6-,7?,8?,9-/m0/s1. The highest BCUT2D eigenvalue weighted by Gasteiger charge is 2.58. The Labute approximate surface area is 94.9 Å². The molecule has 0 aromatic carbocycles. The van der Waals surface area contributed by atoms with Crippen LogP contribution in [0.5, 0.6) is 0 Å². The number of hydrogen-bond donors (Lipinski definition) is 0. The van der Waals surface area contributed by atoms with E-state index in [4.69, 9.17) is 23.7 Å². The molecule has 0 spiro atoms. The predicted octanol–water partition coefficient (Wildman–Crippen LogP) is 1.01. The summed E-state index contributed by atoms with van der Waals surface area (Å²) in [7, 11) is 0. The maximum Gasteiger partial charge on any atom is 0.190 e. The maximum absolute atomic E-state index is 5.85. The van der Waals surface area contributed by atoms with Crippen molar-refractivity contribution < 1.29 is 23.7 Å². The van der Waals surface area contributed by atoms with Gasteiger partial charge in [0.1, 0.15) is 18.3 Å². The van der Waals surface area contributed by atoms with Gasteiger partial charge in [-0.05, 0) is 27.7 Å². The molecule has 0 amide bonds. The summed E-state index contributed by atoms with van der Waals surface area (Å²) >= 11 is 0. The summed E-state index contributed by atoms with van der Waals surface area (Å²) in [6.45, 7) is 8.09. The Balaban J connectivity index is 1.78. The first-order chi connectivity index (χ1) is 7.36. The summed E-state index contributed by atoms with van der Waals surface area (Å²) in [5.41, 5.74) is 0. The molecule has 3 aliphatic rings. The highest BCUT2D eigenvalue weighted by atomic mass is 16.9. The zero-order valence-corrected chi connectivity index (χ0v) is 10.1. The van der Waals surface area contributed by atoms with Crippen molar-refractivity contribution in [2.45, 2.75) is 63.9 Å². The average Bonchev–Trinajstić information content (AvgIpc) is 2.57. The van der Waals surface area contributed by atoms with Crippen molar-refractivity contribution in [3.05, 3.63) is 0 Å². The molecular formula is C11H18O5. The first kappa shape index (κ1) is 10.9. The van der Waals surface area contributed by atoms with Crippen LogP contribution in [0.25, 0.3) is 0 Å². The van der Waals surface area contributed by atoms with Gasteiger partial charge >= 0.3 is 0 Å². The molecule has 3 saturated heterocycles. The van der Waals surface area contributed by atoms with E-state index in [0.717, 1.165) is 0 Å². The molecule has 0 radical (unpaired) electrons. The zero-order chi connectivity index (χ0) is 11.6. The Morgan fingerprint density at radius 2 is 1.56 bits per heavy atom. The van der Waals surface area contributed by atoms with Crippen LogP contribution in [-0.2, 0) is 23.7 Å². The largest absolute Gasteiger partial charge is 0.348 e. The second-order valence-corrected chi connectivity index (χ2v) is 5.44. The van der Waals surface area contributed by atoms with Crippen molar-refractivity contribution >= 4 is 0 Å². The second kappa shape index (κ2) is 3.17. The minimum atomic E-state index is -0.591. The van der Waals surface area contributed by atoms with Gasteiger partial charge in [0.25, 0.3) is 0 Å². The fourth-order valence-electron chi connectivity index (χ4n) is 2.47. The Morgan fingerprint density at radius 3 is 2.31 bits per heavy atom. The molecule has 0 aromatic heterocycles. The molecule has 3 rings (SSSR count). The van der Waals surface area contributed by atoms with E-state index >= 15 is 0 Å². The molecule has 0 saturated carbocycles. The first-order valence-electron chi connectivity index (χ1n) is 5.69. The molecule has 3 aliphatic heterocycles. The lowest BCUT2D eigenvalue weighted by Gasteiger charge is -2.38. The highest BCUT2D eigenvalue weighted by Crippen LogP contribution is 2.42. The molecule has 5 heteroatoms. The minimum Gasteiger partial charge on any atom is -0.348 e. The molecule has 0 N–H and O–H groups in total. The maximum atomic E-state index is 5.85. The highest BCUT2D eigenvalue weighted by molar-refractivity contribution is 4.96. The molecule has 3 heterocycles. The van der Waals surface area contributed by atoms with Crippen molar-refractivity contribution in [1.82, 2.24) is 0 Å². The van der Waals surface area contributed by atoms with E-state index in [1.54, 1.807) is 0 Å². The van der Waals surface area contributed by atoms with Gasteiger partial charge in [0.15, 0.2) is 17.9 Å². The van der Waals surface area contributed by atoms with Crippen LogP contribution in [0.3, 0.4) is 0 Å². The third-order valence-corrected chi connectivity index (χ3v) is 3.10. The number of ether oxygens (including phenoxy) is 5. The van der Waals surface area contributed by atoms with Crippen LogP contribution in [0.1, 0.15) is 27.7 Å². The topological polar surface area (TPSA) is 46.2 Å². The number of fused-ring (bicyclic) bond motifs is 3. The SMILES string of the molecule is CC1(C)OC[C@@H]2O[C@H]3OC(C)(C)OC3C2O1. The Morgan fingerprint density at radius 1 is 0.875 bits per heavy atom. The van der Waals surface area contributed by atoms with Crippen LogP contribution in [0.15, 0.2) is 0 Å². The third kappa shape index (κ3) is 1.67. The summed E-state index contributed by atoms with van der Waals surface area (Å²) in [6.07, 6.45) is -0.666. The zero-order valence-electron chi connectivity index (χ0n) is 10.1. The van der Waals surface area contributed by atoms with Gasteiger partial charge in [-0.2, -0.15) is 0 Å². The quantitative estimate of drug-likeness (QED) is 0.621.